The average molecular weight is 180 g/mol. The predicted octanol–water partition coefficient (Wildman–Crippen LogP) is 1.76. The van der Waals surface area contributed by atoms with Gasteiger partial charge >= 0.3 is 5.97 Å². The van der Waals surface area contributed by atoms with E-state index in [0.29, 0.717) is 12.4 Å². The van der Waals surface area contributed by atoms with Gasteiger partial charge in [0.25, 0.3) is 0 Å². The second kappa shape index (κ2) is 2.91. The van der Waals surface area contributed by atoms with Gasteiger partial charge in [-0.05, 0) is 25.8 Å². The minimum atomic E-state index is -0.215. The Morgan fingerprint density at radius 1 is 1.62 bits per heavy atom. The molecular formula is C10H12O3. The molecule has 0 spiro atoms. The van der Waals surface area contributed by atoms with E-state index in [1.807, 2.05) is 6.92 Å². The van der Waals surface area contributed by atoms with Crippen molar-refractivity contribution in [1.29, 1.82) is 0 Å². The molecule has 0 aromatic carbocycles. The standard InChI is InChI=1S/C10H12O3/c1-10(4-5-10)9(11)13-8-2-6-12-7-3-8/h2-3,6H,4-5,7H2,1H3. The number of carbonyl (C=O) groups is 1. The molecule has 0 bridgehead atoms. The fourth-order valence-electron chi connectivity index (χ4n) is 1.07. The van der Waals surface area contributed by atoms with Gasteiger partial charge in [-0.25, -0.2) is 0 Å². The van der Waals surface area contributed by atoms with Gasteiger partial charge in [0.15, 0.2) is 0 Å². The van der Waals surface area contributed by atoms with Crippen LogP contribution in [-0.2, 0) is 14.3 Å². The fraction of sp³-hybridized carbons (Fsp3) is 0.500. The Kier molecular flexibility index (Phi) is 1.87. The molecule has 0 saturated heterocycles. The summed E-state index contributed by atoms with van der Waals surface area (Å²) >= 11 is 0. The first-order valence-corrected chi connectivity index (χ1v) is 4.41. The van der Waals surface area contributed by atoms with E-state index >= 15 is 0 Å². The molecule has 0 aromatic heterocycles. The van der Waals surface area contributed by atoms with E-state index in [2.05, 4.69) is 0 Å². The van der Waals surface area contributed by atoms with Crippen molar-refractivity contribution < 1.29 is 14.3 Å². The summed E-state index contributed by atoms with van der Waals surface area (Å²) in [7, 11) is 0. The van der Waals surface area contributed by atoms with Crippen LogP contribution in [-0.4, -0.2) is 12.6 Å². The number of allylic oxidation sites excluding steroid dienone is 1. The molecule has 0 N–H and O–H groups in total. The third-order valence-corrected chi connectivity index (χ3v) is 2.41. The van der Waals surface area contributed by atoms with Crippen molar-refractivity contribution in [1.82, 2.24) is 0 Å². The Balaban J connectivity index is 1.94. The zero-order valence-corrected chi connectivity index (χ0v) is 7.58. The molecule has 1 fully saturated rings. The number of rotatable bonds is 2. The highest BCUT2D eigenvalue weighted by Gasteiger charge is 2.46. The normalized spacial score (nSPS) is 23.0. The molecule has 0 unspecified atom stereocenters. The lowest BCUT2D eigenvalue weighted by molar-refractivity contribution is -0.144. The number of ether oxygens (including phenoxy) is 2. The maximum absolute atomic E-state index is 11.5. The van der Waals surface area contributed by atoms with E-state index in [1.165, 1.54) is 6.26 Å². The van der Waals surface area contributed by atoms with Gasteiger partial charge in [-0.15, -0.1) is 0 Å². The molecule has 0 atom stereocenters. The first kappa shape index (κ1) is 8.35. The van der Waals surface area contributed by atoms with E-state index < -0.39 is 0 Å². The largest absolute Gasteiger partial charge is 0.497 e. The van der Waals surface area contributed by atoms with Crippen LogP contribution in [0.2, 0.25) is 0 Å². The van der Waals surface area contributed by atoms with Gasteiger partial charge < -0.3 is 9.47 Å². The molecule has 3 heteroatoms. The van der Waals surface area contributed by atoms with Crippen molar-refractivity contribution in [3.8, 4) is 0 Å². The van der Waals surface area contributed by atoms with Gasteiger partial charge in [-0.2, -0.15) is 0 Å². The molecule has 13 heavy (non-hydrogen) atoms. The van der Waals surface area contributed by atoms with Crippen LogP contribution in [0.15, 0.2) is 24.2 Å². The second-order valence-corrected chi connectivity index (χ2v) is 3.69. The van der Waals surface area contributed by atoms with Crippen LogP contribution >= 0.6 is 0 Å². The summed E-state index contributed by atoms with van der Waals surface area (Å²) in [6.45, 7) is 2.41. The maximum Gasteiger partial charge on any atom is 0.317 e. The third kappa shape index (κ3) is 1.74. The topological polar surface area (TPSA) is 35.5 Å². The second-order valence-electron chi connectivity index (χ2n) is 3.69. The molecule has 2 rings (SSSR count). The molecule has 2 aliphatic rings. The third-order valence-electron chi connectivity index (χ3n) is 2.41. The number of hydrogen-bond acceptors (Lipinski definition) is 3. The minimum absolute atomic E-state index is 0.120. The summed E-state index contributed by atoms with van der Waals surface area (Å²) in [4.78, 5) is 11.5. The van der Waals surface area contributed by atoms with Crippen LogP contribution in [0, 0.1) is 5.41 Å². The van der Waals surface area contributed by atoms with Gasteiger partial charge in [0.2, 0.25) is 0 Å². The molecule has 3 nitrogen and oxygen atoms in total. The number of carbonyl (C=O) groups excluding carboxylic acids is 1. The summed E-state index contributed by atoms with van der Waals surface area (Å²) in [5.41, 5.74) is -0.215. The van der Waals surface area contributed by atoms with Crippen molar-refractivity contribution in [2.45, 2.75) is 19.8 Å². The van der Waals surface area contributed by atoms with Crippen LogP contribution < -0.4 is 0 Å². The van der Waals surface area contributed by atoms with Gasteiger partial charge in [-0.3, -0.25) is 4.79 Å². The van der Waals surface area contributed by atoms with E-state index in [4.69, 9.17) is 9.47 Å². The molecule has 1 saturated carbocycles. The summed E-state index contributed by atoms with van der Waals surface area (Å²) in [6, 6.07) is 0. The summed E-state index contributed by atoms with van der Waals surface area (Å²) in [5.74, 6) is 0.481. The summed E-state index contributed by atoms with van der Waals surface area (Å²) in [6.07, 6.45) is 6.84. The first-order valence-electron chi connectivity index (χ1n) is 4.41. The van der Waals surface area contributed by atoms with Crippen molar-refractivity contribution in [3.05, 3.63) is 24.2 Å². The molecule has 0 amide bonds. The minimum Gasteiger partial charge on any atom is -0.497 e. The fourth-order valence-corrected chi connectivity index (χ4v) is 1.07. The van der Waals surface area contributed by atoms with Crippen LogP contribution in [0.4, 0.5) is 0 Å². The van der Waals surface area contributed by atoms with Crippen LogP contribution in [0.5, 0.6) is 0 Å². The van der Waals surface area contributed by atoms with Gasteiger partial charge in [0.05, 0.1) is 11.7 Å². The Hall–Kier alpha value is -1.25. The Labute approximate surface area is 77.0 Å². The molecule has 1 aliphatic heterocycles. The lowest BCUT2D eigenvalue weighted by Gasteiger charge is -2.11. The zero-order valence-electron chi connectivity index (χ0n) is 7.58. The Morgan fingerprint density at radius 2 is 2.38 bits per heavy atom. The highest BCUT2D eigenvalue weighted by molar-refractivity contribution is 5.80. The van der Waals surface area contributed by atoms with E-state index in [0.717, 1.165) is 12.8 Å². The molecule has 0 radical (unpaired) electrons. The van der Waals surface area contributed by atoms with Gasteiger partial charge in [0, 0.05) is 6.08 Å². The van der Waals surface area contributed by atoms with E-state index in [-0.39, 0.29) is 11.4 Å². The molecule has 1 heterocycles. The van der Waals surface area contributed by atoms with E-state index in [9.17, 15) is 4.79 Å². The van der Waals surface area contributed by atoms with Crippen molar-refractivity contribution in [3.63, 3.8) is 0 Å². The average Bonchev–Trinajstić information content (AvgIpc) is 2.87. The smallest absolute Gasteiger partial charge is 0.317 e. The van der Waals surface area contributed by atoms with Crippen LogP contribution in [0.25, 0.3) is 0 Å². The lowest BCUT2D eigenvalue weighted by atomic mass is 10.1. The number of hydrogen-bond donors (Lipinski definition) is 0. The first-order chi connectivity index (χ1) is 6.21. The Morgan fingerprint density at radius 3 is 2.92 bits per heavy atom. The molecule has 0 aromatic rings. The van der Waals surface area contributed by atoms with Gasteiger partial charge in [-0.1, -0.05) is 0 Å². The van der Waals surface area contributed by atoms with Crippen molar-refractivity contribution >= 4 is 5.97 Å². The maximum atomic E-state index is 11.5. The highest BCUT2D eigenvalue weighted by Crippen LogP contribution is 2.46. The summed E-state index contributed by atoms with van der Waals surface area (Å²) < 4.78 is 10.1. The predicted molar refractivity (Wildman–Crippen MR) is 46.6 cm³/mol. The van der Waals surface area contributed by atoms with Crippen LogP contribution in [0.3, 0.4) is 0 Å². The SMILES string of the molecule is CC1(C(=O)OC2=CCOC=C2)CC1. The molecule has 1 aliphatic carbocycles. The zero-order chi connectivity index (χ0) is 9.31. The van der Waals surface area contributed by atoms with Gasteiger partial charge in [0.1, 0.15) is 12.4 Å². The quantitative estimate of drug-likeness (QED) is 0.607. The van der Waals surface area contributed by atoms with Crippen molar-refractivity contribution in [2.75, 3.05) is 6.61 Å². The van der Waals surface area contributed by atoms with Crippen molar-refractivity contribution in [2.24, 2.45) is 5.41 Å². The molecular weight excluding hydrogens is 168 g/mol. The summed E-state index contributed by atoms with van der Waals surface area (Å²) in [5, 5.41) is 0. The van der Waals surface area contributed by atoms with Crippen LogP contribution in [0.1, 0.15) is 19.8 Å². The molecule has 70 valence electrons. The lowest BCUT2D eigenvalue weighted by Crippen LogP contribution is -2.15. The highest BCUT2D eigenvalue weighted by atomic mass is 16.5. The monoisotopic (exact) mass is 180 g/mol. The number of esters is 1. The van der Waals surface area contributed by atoms with E-state index in [1.54, 1.807) is 12.2 Å². The Bertz CT molecular complexity index is 285.